The van der Waals surface area contributed by atoms with Crippen molar-refractivity contribution in [2.24, 2.45) is 10.9 Å². The van der Waals surface area contributed by atoms with E-state index in [1.165, 1.54) is 17.2 Å². The van der Waals surface area contributed by atoms with Crippen LogP contribution < -0.4 is 5.32 Å². The Hall–Kier alpha value is -0.550. The standard InChI is InChI=1S/C12H19N3S2/c1-9(2)10-4-7-17-12(15-10)14-5-3-11-13-6-8-16-11/h6,8-10H,3-5,7H2,1-2H3,(H,14,15). The molecule has 0 bridgehead atoms. The van der Waals surface area contributed by atoms with Crippen molar-refractivity contribution in [3.63, 3.8) is 0 Å². The molecule has 0 spiro atoms. The van der Waals surface area contributed by atoms with Crippen LogP contribution in [-0.2, 0) is 6.42 Å². The van der Waals surface area contributed by atoms with Crippen molar-refractivity contribution in [3.05, 3.63) is 16.6 Å². The largest absolute Gasteiger partial charge is 0.362 e. The molecule has 94 valence electrons. The van der Waals surface area contributed by atoms with E-state index >= 15 is 0 Å². The highest BCUT2D eigenvalue weighted by Crippen LogP contribution is 2.18. The molecule has 1 aromatic heterocycles. The third-order valence-electron chi connectivity index (χ3n) is 2.85. The number of nitrogens with one attached hydrogen (secondary N) is 1. The van der Waals surface area contributed by atoms with Gasteiger partial charge in [0, 0.05) is 36.3 Å². The predicted molar refractivity (Wildman–Crippen MR) is 77.0 cm³/mol. The second-order valence-corrected chi connectivity index (χ2v) is 6.56. The summed E-state index contributed by atoms with van der Waals surface area (Å²) in [5.74, 6) is 1.87. The van der Waals surface area contributed by atoms with Crippen molar-refractivity contribution in [1.29, 1.82) is 0 Å². The van der Waals surface area contributed by atoms with E-state index in [2.05, 4.69) is 29.1 Å². The van der Waals surface area contributed by atoms with Gasteiger partial charge in [-0.2, -0.15) is 0 Å². The second-order valence-electron chi connectivity index (χ2n) is 4.49. The molecule has 2 heterocycles. The van der Waals surface area contributed by atoms with Gasteiger partial charge >= 0.3 is 0 Å². The molecule has 0 amide bonds. The van der Waals surface area contributed by atoms with Gasteiger partial charge in [0.15, 0.2) is 5.17 Å². The van der Waals surface area contributed by atoms with Crippen molar-refractivity contribution in [1.82, 2.24) is 10.3 Å². The summed E-state index contributed by atoms with van der Waals surface area (Å²) in [7, 11) is 0. The maximum absolute atomic E-state index is 4.63. The van der Waals surface area contributed by atoms with E-state index in [0.29, 0.717) is 12.0 Å². The summed E-state index contributed by atoms with van der Waals surface area (Å²) < 4.78 is 0. The fourth-order valence-corrected chi connectivity index (χ4v) is 3.37. The fraction of sp³-hybridized carbons (Fsp3) is 0.667. The Balaban J connectivity index is 1.80. The molecule has 1 N–H and O–H groups in total. The van der Waals surface area contributed by atoms with Crippen molar-refractivity contribution < 1.29 is 0 Å². The zero-order valence-corrected chi connectivity index (χ0v) is 12.0. The summed E-state index contributed by atoms with van der Waals surface area (Å²) in [6.45, 7) is 5.37. The van der Waals surface area contributed by atoms with Gasteiger partial charge in [0.1, 0.15) is 0 Å². The van der Waals surface area contributed by atoms with Crippen LogP contribution in [0, 0.1) is 5.92 Å². The minimum absolute atomic E-state index is 0.592. The Kier molecular flexibility index (Phi) is 4.86. The molecule has 1 fully saturated rings. The summed E-state index contributed by atoms with van der Waals surface area (Å²) in [5.41, 5.74) is 0. The fourth-order valence-electron chi connectivity index (χ4n) is 1.78. The van der Waals surface area contributed by atoms with Crippen LogP contribution in [0.3, 0.4) is 0 Å². The molecule has 0 radical (unpaired) electrons. The lowest BCUT2D eigenvalue weighted by Crippen LogP contribution is -2.41. The number of aromatic nitrogens is 1. The van der Waals surface area contributed by atoms with Gasteiger partial charge in [0.25, 0.3) is 0 Å². The monoisotopic (exact) mass is 269 g/mol. The molecule has 1 atom stereocenters. The van der Waals surface area contributed by atoms with Crippen LogP contribution in [-0.4, -0.2) is 28.5 Å². The summed E-state index contributed by atoms with van der Waals surface area (Å²) in [5, 5.41) is 7.84. The molecular formula is C12H19N3S2. The van der Waals surface area contributed by atoms with Crippen LogP contribution in [0.15, 0.2) is 16.6 Å². The topological polar surface area (TPSA) is 37.3 Å². The molecule has 17 heavy (non-hydrogen) atoms. The number of nitrogens with zero attached hydrogens (tertiary/aromatic N) is 2. The Labute approximate surface area is 111 Å². The Morgan fingerprint density at radius 3 is 3.18 bits per heavy atom. The highest BCUT2D eigenvalue weighted by Gasteiger charge is 2.19. The van der Waals surface area contributed by atoms with Crippen LogP contribution in [0.1, 0.15) is 25.3 Å². The summed E-state index contributed by atoms with van der Waals surface area (Å²) in [6, 6.07) is 0.592. The van der Waals surface area contributed by atoms with Gasteiger partial charge in [-0.1, -0.05) is 25.6 Å². The normalized spacial score (nSPS) is 23.0. The first kappa shape index (κ1) is 12.9. The highest BCUT2D eigenvalue weighted by atomic mass is 32.2. The number of hydrogen-bond donors (Lipinski definition) is 1. The quantitative estimate of drug-likeness (QED) is 0.913. The summed E-state index contributed by atoms with van der Waals surface area (Å²) in [4.78, 5) is 8.89. The Bertz CT molecular complexity index is 360. The number of aliphatic imine (C=N–C) groups is 1. The number of amidine groups is 1. The van der Waals surface area contributed by atoms with Crippen LogP contribution in [0.25, 0.3) is 0 Å². The summed E-state index contributed by atoms with van der Waals surface area (Å²) in [6.07, 6.45) is 4.05. The van der Waals surface area contributed by atoms with Crippen LogP contribution in [0.4, 0.5) is 0 Å². The minimum atomic E-state index is 0.592. The Morgan fingerprint density at radius 2 is 2.47 bits per heavy atom. The van der Waals surface area contributed by atoms with Crippen molar-refractivity contribution in [2.45, 2.75) is 32.7 Å². The van der Waals surface area contributed by atoms with Crippen LogP contribution in [0.2, 0.25) is 0 Å². The van der Waals surface area contributed by atoms with Crippen molar-refractivity contribution >= 4 is 28.3 Å². The maximum atomic E-state index is 4.63. The average Bonchev–Trinajstić information content (AvgIpc) is 2.82. The first-order chi connectivity index (χ1) is 8.25. The van der Waals surface area contributed by atoms with Gasteiger partial charge in [-0.25, -0.2) is 4.98 Å². The van der Waals surface area contributed by atoms with E-state index in [0.717, 1.165) is 18.1 Å². The molecule has 0 aromatic carbocycles. The SMILES string of the molecule is CC(C)C1CCSC(=NCCc2nccs2)N1. The van der Waals surface area contributed by atoms with Gasteiger partial charge in [0.2, 0.25) is 0 Å². The molecule has 0 aliphatic carbocycles. The zero-order valence-electron chi connectivity index (χ0n) is 10.3. The van der Waals surface area contributed by atoms with E-state index in [9.17, 15) is 0 Å². The molecule has 0 saturated carbocycles. The van der Waals surface area contributed by atoms with Gasteiger partial charge in [0.05, 0.1) is 5.01 Å². The summed E-state index contributed by atoms with van der Waals surface area (Å²) >= 11 is 3.55. The highest BCUT2D eigenvalue weighted by molar-refractivity contribution is 8.13. The molecule has 1 unspecified atom stereocenters. The van der Waals surface area contributed by atoms with E-state index in [1.54, 1.807) is 11.3 Å². The smallest absolute Gasteiger partial charge is 0.156 e. The third kappa shape index (κ3) is 4.00. The molecule has 1 aliphatic rings. The molecule has 3 nitrogen and oxygen atoms in total. The maximum Gasteiger partial charge on any atom is 0.156 e. The number of rotatable bonds is 4. The first-order valence-corrected chi connectivity index (χ1v) is 7.94. The molecule has 5 heteroatoms. The predicted octanol–water partition coefficient (Wildman–Crippen LogP) is 2.79. The van der Waals surface area contributed by atoms with E-state index in [-0.39, 0.29) is 0 Å². The van der Waals surface area contributed by atoms with E-state index < -0.39 is 0 Å². The zero-order chi connectivity index (χ0) is 12.1. The van der Waals surface area contributed by atoms with E-state index in [4.69, 9.17) is 0 Å². The van der Waals surface area contributed by atoms with Crippen LogP contribution in [0.5, 0.6) is 0 Å². The van der Waals surface area contributed by atoms with Crippen molar-refractivity contribution in [3.8, 4) is 0 Å². The average molecular weight is 269 g/mol. The number of thiazole rings is 1. The second kappa shape index (κ2) is 6.40. The lowest BCUT2D eigenvalue weighted by molar-refractivity contribution is 0.442. The lowest BCUT2D eigenvalue weighted by Gasteiger charge is -2.28. The lowest BCUT2D eigenvalue weighted by atomic mass is 10.0. The minimum Gasteiger partial charge on any atom is -0.362 e. The third-order valence-corrected chi connectivity index (χ3v) is 4.65. The van der Waals surface area contributed by atoms with Gasteiger partial charge in [-0.05, 0) is 12.3 Å². The van der Waals surface area contributed by atoms with Gasteiger partial charge in [-0.15, -0.1) is 11.3 Å². The molecular weight excluding hydrogens is 250 g/mol. The van der Waals surface area contributed by atoms with Crippen LogP contribution >= 0.6 is 23.1 Å². The Morgan fingerprint density at radius 1 is 1.59 bits per heavy atom. The van der Waals surface area contributed by atoms with Gasteiger partial charge < -0.3 is 5.32 Å². The molecule has 1 aromatic rings. The number of thioether (sulfide) groups is 1. The van der Waals surface area contributed by atoms with E-state index in [1.807, 2.05) is 23.3 Å². The molecule has 2 rings (SSSR count). The van der Waals surface area contributed by atoms with Gasteiger partial charge in [-0.3, -0.25) is 4.99 Å². The first-order valence-electron chi connectivity index (χ1n) is 6.08. The molecule has 1 aliphatic heterocycles. The number of hydrogen-bond acceptors (Lipinski definition) is 4. The molecule has 1 saturated heterocycles. The van der Waals surface area contributed by atoms with Crippen molar-refractivity contribution in [2.75, 3.05) is 12.3 Å².